The van der Waals surface area contributed by atoms with Gasteiger partial charge in [-0.05, 0) is 72.8 Å². The molecule has 0 aliphatic carbocycles. The number of hydrogen-bond acceptors (Lipinski definition) is 3. The second kappa shape index (κ2) is 12.1. The first kappa shape index (κ1) is 23.6. The number of benzene rings is 4. The molecule has 0 saturated heterocycles. The van der Waals surface area contributed by atoms with Crippen molar-refractivity contribution in [2.75, 3.05) is 0 Å². The van der Waals surface area contributed by atoms with Crippen molar-refractivity contribution >= 4 is 46.5 Å². The van der Waals surface area contributed by atoms with Crippen molar-refractivity contribution < 1.29 is 14.3 Å². The highest BCUT2D eigenvalue weighted by Gasteiger charge is 2.28. The summed E-state index contributed by atoms with van der Waals surface area (Å²) in [5.41, 5.74) is 0.375. The molecule has 160 valence electrons. The van der Waals surface area contributed by atoms with E-state index in [4.69, 9.17) is 23.2 Å². The van der Waals surface area contributed by atoms with Crippen LogP contribution in [-0.2, 0) is 20.4 Å². The molecule has 0 amide bonds. The topological polar surface area (TPSA) is 43.4 Å². The third-order valence-corrected chi connectivity index (χ3v) is 6.98. The zero-order chi connectivity index (χ0) is 22.8. The SMILES string of the molecule is Clc1ccc([S+](c2ccccc2)c2ccc(Cl)cc2)cc1.O=COC(=O)c1ccccc1. The predicted molar refractivity (Wildman–Crippen MR) is 129 cm³/mol. The molecule has 0 aliphatic rings. The van der Waals surface area contributed by atoms with Crippen molar-refractivity contribution in [2.24, 2.45) is 0 Å². The van der Waals surface area contributed by atoms with Crippen LogP contribution in [0.25, 0.3) is 0 Å². The Labute approximate surface area is 199 Å². The molecule has 4 aromatic rings. The Bertz CT molecular complexity index is 1090. The molecule has 0 heterocycles. The van der Waals surface area contributed by atoms with E-state index in [-0.39, 0.29) is 17.4 Å². The second-order valence-corrected chi connectivity index (χ2v) is 9.29. The fourth-order valence-electron chi connectivity index (χ4n) is 2.79. The minimum Gasteiger partial charge on any atom is -0.392 e. The van der Waals surface area contributed by atoms with Crippen molar-refractivity contribution in [1.29, 1.82) is 0 Å². The monoisotopic (exact) mass is 481 g/mol. The van der Waals surface area contributed by atoms with E-state index in [1.807, 2.05) is 30.3 Å². The van der Waals surface area contributed by atoms with Gasteiger partial charge in [0.1, 0.15) is 0 Å². The maximum atomic E-state index is 10.8. The van der Waals surface area contributed by atoms with Crippen molar-refractivity contribution in [3.05, 3.63) is 125 Å². The van der Waals surface area contributed by atoms with E-state index in [1.54, 1.807) is 30.3 Å². The Morgan fingerprint density at radius 1 is 0.625 bits per heavy atom. The molecule has 0 spiro atoms. The Morgan fingerprint density at radius 3 is 1.47 bits per heavy atom. The van der Waals surface area contributed by atoms with Crippen LogP contribution in [0.15, 0.2) is 124 Å². The Hall–Kier alpha value is -3.05. The lowest BCUT2D eigenvalue weighted by Crippen LogP contribution is -2.04. The molecule has 0 unspecified atom stereocenters. The van der Waals surface area contributed by atoms with Gasteiger partial charge >= 0.3 is 12.4 Å². The lowest BCUT2D eigenvalue weighted by Gasteiger charge is -2.08. The standard InChI is InChI=1S/C18H13Cl2S.C8H6O3/c19-14-6-10-17(11-7-14)21(16-4-2-1-3-5-16)18-12-8-15(20)9-13-18;9-6-11-8(10)7-4-2-1-3-5-7/h1-13H;1-6H/q+1;. The minimum absolute atomic E-state index is 0.120. The van der Waals surface area contributed by atoms with Crippen molar-refractivity contribution in [3.63, 3.8) is 0 Å². The average molecular weight is 482 g/mol. The zero-order valence-corrected chi connectivity index (χ0v) is 19.2. The first-order valence-corrected chi connectivity index (χ1v) is 11.6. The van der Waals surface area contributed by atoms with Crippen LogP contribution in [0.4, 0.5) is 0 Å². The van der Waals surface area contributed by atoms with Gasteiger partial charge in [-0.1, -0.05) is 59.6 Å². The van der Waals surface area contributed by atoms with Gasteiger partial charge in [0.05, 0.1) is 16.5 Å². The van der Waals surface area contributed by atoms with Gasteiger partial charge in [-0.25, -0.2) is 4.79 Å². The number of ether oxygens (including phenoxy) is 1. The van der Waals surface area contributed by atoms with Crippen LogP contribution in [0, 0.1) is 0 Å². The number of carbonyl (C=O) groups excluding carboxylic acids is 2. The first-order valence-electron chi connectivity index (χ1n) is 9.58. The van der Waals surface area contributed by atoms with Crippen LogP contribution in [0.5, 0.6) is 0 Å². The van der Waals surface area contributed by atoms with Gasteiger partial charge < -0.3 is 4.74 Å². The van der Waals surface area contributed by atoms with Gasteiger partial charge in [-0.2, -0.15) is 0 Å². The summed E-state index contributed by atoms with van der Waals surface area (Å²) in [4.78, 5) is 24.3. The molecule has 0 radical (unpaired) electrons. The Balaban J connectivity index is 0.000000222. The van der Waals surface area contributed by atoms with Gasteiger partial charge in [0.2, 0.25) is 0 Å². The molecule has 6 heteroatoms. The number of carbonyl (C=O) groups is 2. The van der Waals surface area contributed by atoms with Gasteiger partial charge in [0.15, 0.2) is 14.7 Å². The lowest BCUT2D eigenvalue weighted by atomic mass is 10.2. The highest BCUT2D eigenvalue weighted by Crippen LogP contribution is 2.32. The molecular formula is C26H19Cl2O3S+. The van der Waals surface area contributed by atoms with Crippen molar-refractivity contribution in [3.8, 4) is 0 Å². The summed E-state index contributed by atoms with van der Waals surface area (Å²) >= 11 is 12.0. The molecule has 0 aliphatic heterocycles. The Morgan fingerprint density at radius 2 is 1.03 bits per heavy atom. The third-order valence-electron chi connectivity index (χ3n) is 4.24. The molecule has 0 saturated carbocycles. The van der Waals surface area contributed by atoms with Gasteiger partial charge in [0.25, 0.3) is 0 Å². The van der Waals surface area contributed by atoms with Gasteiger partial charge in [0, 0.05) is 10.0 Å². The molecule has 0 bridgehead atoms. The molecule has 0 fully saturated rings. The quantitative estimate of drug-likeness (QED) is 0.132. The van der Waals surface area contributed by atoms with E-state index >= 15 is 0 Å². The van der Waals surface area contributed by atoms with E-state index in [9.17, 15) is 9.59 Å². The minimum atomic E-state index is -0.624. The summed E-state index contributed by atoms with van der Waals surface area (Å²) in [6.45, 7) is 0.120. The normalized spacial score (nSPS) is 10.1. The number of esters is 1. The van der Waals surface area contributed by atoms with Gasteiger partial charge in [-0.15, -0.1) is 0 Å². The highest BCUT2D eigenvalue weighted by atomic mass is 35.5. The highest BCUT2D eigenvalue weighted by molar-refractivity contribution is 7.97. The molecule has 4 rings (SSSR count). The van der Waals surface area contributed by atoms with Crippen molar-refractivity contribution in [2.45, 2.75) is 14.7 Å². The van der Waals surface area contributed by atoms with Crippen LogP contribution in [0.3, 0.4) is 0 Å². The zero-order valence-electron chi connectivity index (χ0n) is 16.9. The lowest BCUT2D eigenvalue weighted by molar-refractivity contribution is -0.123. The molecule has 0 aromatic heterocycles. The van der Waals surface area contributed by atoms with Crippen LogP contribution >= 0.6 is 23.2 Å². The van der Waals surface area contributed by atoms with E-state index in [0.717, 1.165) is 10.0 Å². The fraction of sp³-hybridized carbons (Fsp3) is 0. The summed E-state index contributed by atoms with van der Waals surface area (Å²) in [6.07, 6.45) is 0. The summed E-state index contributed by atoms with van der Waals surface area (Å²) in [6, 6.07) is 34.9. The van der Waals surface area contributed by atoms with E-state index < -0.39 is 5.97 Å². The summed E-state index contributed by atoms with van der Waals surface area (Å²) in [5.74, 6) is -0.624. The average Bonchev–Trinajstić information content (AvgIpc) is 2.84. The maximum absolute atomic E-state index is 10.8. The summed E-state index contributed by atoms with van der Waals surface area (Å²) in [7, 11) is -0.148. The summed E-state index contributed by atoms with van der Waals surface area (Å²) < 4.78 is 4.11. The number of hydrogen-bond donors (Lipinski definition) is 0. The summed E-state index contributed by atoms with van der Waals surface area (Å²) in [5, 5.41) is 1.51. The number of halogens is 2. The maximum Gasteiger partial charge on any atom is 0.345 e. The van der Waals surface area contributed by atoms with Crippen molar-refractivity contribution in [1.82, 2.24) is 0 Å². The molecule has 0 N–H and O–H groups in total. The molecular weight excluding hydrogens is 463 g/mol. The Kier molecular flexibility index (Phi) is 8.93. The molecule has 3 nitrogen and oxygen atoms in total. The van der Waals surface area contributed by atoms with Crippen LogP contribution in [0.1, 0.15) is 10.4 Å². The fourth-order valence-corrected chi connectivity index (χ4v) is 5.11. The smallest absolute Gasteiger partial charge is 0.345 e. The van der Waals surface area contributed by atoms with E-state index in [2.05, 4.69) is 53.3 Å². The van der Waals surface area contributed by atoms with E-state index in [0.29, 0.717) is 5.56 Å². The van der Waals surface area contributed by atoms with Gasteiger partial charge in [-0.3, -0.25) is 4.79 Å². The van der Waals surface area contributed by atoms with Crippen LogP contribution in [-0.4, -0.2) is 12.4 Å². The molecule has 32 heavy (non-hydrogen) atoms. The first-order chi connectivity index (χ1) is 15.6. The molecule has 0 atom stereocenters. The third kappa shape index (κ3) is 6.72. The number of rotatable bonds is 5. The van der Waals surface area contributed by atoms with E-state index in [1.165, 1.54) is 14.7 Å². The molecule has 4 aromatic carbocycles. The van der Waals surface area contributed by atoms with Crippen LogP contribution in [0.2, 0.25) is 10.0 Å². The van der Waals surface area contributed by atoms with Crippen LogP contribution < -0.4 is 0 Å². The predicted octanol–water partition coefficient (Wildman–Crippen LogP) is 7.09. The largest absolute Gasteiger partial charge is 0.392 e. The second-order valence-electron chi connectivity index (χ2n) is 6.39.